The first kappa shape index (κ1) is 13.6. The number of aliphatic carboxylic acids is 1. The molecule has 0 spiro atoms. The van der Waals surface area contributed by atoms with Crippen molar-refractivity contribution in [2.24, 2.45) is 11.8 Å². The Morgan fingerprint density at radius 2 is 2.12 bits per heavy atom. The van der Waals surface area contributed by atoms with Gasteiger partial charge in [-0.15, -0.1) is 6.42 Å². The van der Waals surface area contributed by atoms with Crippen molar-refractivity contribution in [1.82, 2.24) is 4.90 Å². The van der Waals surface area contributed by atoms with E-state index in [4.69, 9.17) is 11.5 Å². The first-order chi connectivity index (χ1) is 8.02. The smallest absolute Gasteiger partial charge is 0.303 e. The van der Waals surface area contributed by atoms with Crippen LogP contribution in [0.25, 0.3) is 0 Å². The van der Waals surface area contributed by atoms with Crippen LogP contribution >= 0.6 is 0 Å². The molecule has 4 heteroatoms. The summed E-state index contributed by atoms with van der Waals surface area (Å²) in [4.78, 5) is 24.1. The van der Waals surface area contributed by atoms with Gasteiger partial charge in [0.2, 0.25) is 5.91 Å². The molecule has 94 valence electrons. The average Bonchev–Trinajstić information content (AvgIpc) is 2.99. The molecule has 17 heavy (non-hydrogen) atoms. The lowest BCUT2D eigenvalue weighted by Gasteiger charge is -2.21. The third kappa shape index (κ3) is 5.39. The standard InChI is InChI=1S/C13H19NO3/c1-3-6-14(9-11-4-5-11)12(15)7-10(2)8-13(16)17/h1,10-11H,4-9H2,2H3,(H,16,17). The minimum atomic E-state index is -0.865. The van der Waals surface area contributed by atoms with Gasteiger partial charge >= 0.3 is 5.97 Å². The predicted molar refractivity (Wildman–Crippen MR) is 64.2 cm³/mol. The minimum absolute atomic E-state index is 0.0244. The maximum absolute atomic E-state index is 11.9. The molecule has 0 aromatic rings. The number of carbonyl (C=O) groups is 2. The first-order valence-electron chi connectivity index (χ1n) is 5.96. The van der Waals surface area contributed by atoms with Gasteiger partial charge < -0.3 is 10.0 Å². The lowest BCUT2D eigenvalue weighted by atomic mass is 10.0. The molecule has 1 aliphatic rings. The summed E-state index contributed by atoms with van der Waals surface area (Å²) in [7, 11) is 0. The van der Waals surface area contributed by atoms with Gasteiger partial charge in [0.15, 0.2) is 0 Å². The van der Waals surface area contributed by atoms with E-state index in [2.05, 4.69) is 5.92 Å². The van der Waals surface area contributed by atoms with Gasteiger partial charge in [-0.25, -0.2) is 0 Å². The van der Waals surface area contributed by atoms with Crippen molar-refractivity contribution in [2.45, 2.75) is 32.6 Å². The number of hydrogen-bond acceptors (Lipinski definition) is 2. The topological polar surface area (TPSA) is 57.6 Å². The van der Waals surface area contributed by atoms with Crippen LogP contribution in [0.3, 0.4) is 0 Å². The zero-order chi connectivity index (χ0) is 12.8. The molecule has 1 unspecified atom stereocenters. The Labute approximate surface area is 102 Å². The molecule has 0 aromatic carbocycles. The van der Waals surface area contributed by atoms with Crippen molar-refractivity contribution in [3.8, 4) is 12.3 Å². The second-order valence-electron chi connectivity index (χ2n) is 4.83. The van der Waals surface area contributed by atoms with Gasteiger partial charge in [-0.1, -0.05) is 12.8 Å². The van der Waals surface area contributed by atoms with Crippen LogP contribution in [0.4, 0.5) is 0 Å². The van der Waals surface area contributed by atoms with Crippen LogP contribution in [0.2, 0.25) is 0 Å². The fourth-order valence-corrected chi connectivity index (χ4v) is 1.77. The summed E-state index contributed by atoms with van der Waals surface area (Å²) < 4.78 is 0. The molecule has 1 amide bonds. The summed E-state index contributed by atoms with van der Waals surface area (Å²) in [6.07, 6.45) is 7.86. The van der Waals surface area contributed by atoms with E-state index in [1.807, 2.05) is 0 Å². The minimum Gasteiger partial charge on any atom is -0.481 e. The van der Waals surface area contributed by atoms with Crippen LogP contribution < -0.4 is 0 Å². The fraction of sp³-hybridized carbons (Fsp3) is 0.692. The normalized spacial score (nSPS) is 16.0. The van der Waals surface area contributed by atoms with Gasteiger partial charge in [0.05, 0.1) is 6.54 Å². The lowest BCUT2D eigenvalue weighted by Crippen LogP contribution is -2.34. The number of hydrogen-bond donors (Lipinski definition) is 1. The maximum atomic E-state index is 11.9. The van der Waals surface area contributed by atoms with Crippen LogP contribution in [-0.2, 0) is 9.59 Å². The van der Waals surface area contributed by atoms with Gasteiger partial charge in [0, 0.05) is 19.4 Å². The van der Waals surface area contributed by atoms with Crippen LogP contribution in [0.15, 0.2) is 0 Å². The van der Waals surface area contributed by atoms with E-state index in [0.717, 1.165) is 6.54 Å². The molecule has 1 fully saturated rings. The predicted octanol–water partition coefficient (Wildman–Crippen LogP) is 1.36. The van der Waals surface area contributed by atoms with E-state index in [-0.39, 0.29) is 24.7 Å². The molecular weight excluding hydrogens is 218 g/mol. The van der Waals surface area contributed by atoms with Crippen molar-refractivity contribution in [3.63, 3.8) is 0 Å². The summed E-state index contributed by atoms with van der Waals surface area (Å²) in [6, 6.07) is 0. The van der Waals surface area contributed by atoms with Crippen LogP contribution in [0, 0.1) is 24.2 Å². The Kier molecular flexibility index (Phi) is 5.02. The molecular formula is C13H19NO3. The highest BCUT2D eigenvalue weighted by Gasteiger charge is 2.27. The molecule has 0 saturated heterocycles. The van der Waals surface area contributed by atoms with E-state index >= 15 is 0 Å². The number of rotatable bonds is 7. The summed E-state index contributed by atoms with van der Waals surface area (Å²) in [6.45, 7) is 2.83. The molecule has 1 saturated carbocycles. The highest BCUT2D eigenvalue weighted by Crippen LogP contribution is 2.30. The van der Waals surface area contributed by atoms with Crippen LogP contribution in [0.1, 0.15) is 32.6 Å². The van der Waals surface area contributed by atoms with Crippen molar-refractivity contribution in [3.05, 3.63) is 0 Å². The van der Waals surface area contributed by atoms with Gasteiger partial charge in [-0.2, -0.15) is 0 Å². The largest absolute Gasteiger partial charge is 0.481 e. The van der Waals surface area contributed by atoms with Crippen LogP contribution in [0.5, 0.6) is 0 Å². The van der Waals surface area contributed by atoms with E-state index in [0.29, 0.717) is 12.5 Å². The highest BCUT2D eigenvalue weighted by atomic mass is 16.4. The van der Waals surface area contributed by atoms with Crippen molar-refractivity contribution >= 4 is 11.9 Å². The number of amides is 1. The molecule has 0 aromatic heterocycles. The van der Waals surface area contributed by atoms with Crippen molar-refractivity contribution in [1.29, 1.82) is 0 Å². The second-order valence-corrected chi connectivity index (χ2v) is 4.83. The summed E-state index contributed by atoms with van der Waals surface area (Å²) >= 11 is 0. The van der Waals surface area contributed by atoms with E-state index in [9.17, 15) is 9.59 Å². The first-order valence-corrected chi connectivity index (χ1v) is 5.96. The SMILES string of the molecule is C#CCN(CC1CC1)C(=O)CC(C)CC(=O)O. The summed E-state index contributed by atoms with van der Waals surface area (Å²) in [5.74, 6) is 2.06. The Morgan fingerprint density at radius 1 is 1.47 bits per heavy atom. The molecule has 0 radical (unpaired) electrons. The maximum Gasteiger partial charge on any atom is 0.303 e. The Balaban J connectivity index is 2.40. The van der Waals surface area contributed by atoms with E-state index in [1.165, 1.54) is 12.8 Å². The third-order valence-corrected chi connectivity index (χ3v) is 2.86. The number of carboxylic acids is 1. The molecule has 1 rings (SSSR count). The molecule has 0 bridgehead atoms. The van der Waals surface area contributed by atoms with Gasteiger partial charge in [0.25, 0.3) is 0 Å². The summed E-state index contributed by atoms with van der Waals surface area (Å²) in [5, 5.41) is 8.64. The fourth-order valence-electron chi connectivity index (χ4n) is 1.77. The van der Waals surface area contributed by atoms with Gasteiger partial charge in [-0.05, 0) is 24.7 Å². The second kappa shape index (κ2) is 6.29. The molecule has 1 aliphatic carbocycles. The molecule has 4 nitrogen and oxygen atoms in total. The number of terminal acetylenes is 1. The molecule has 0 heterocycles. The Bertz CT molecular complexity index is 328. The Morgan fingerprint density at radius 3 is 2.59 bits per heavy atom. The number of carbonyl (C=O) groups excluding carboxylic acids is 1. The van der Waals surface area contributed by atoms with Crippen molar-refractivity contribution in [2.75, 3.05) is 13.1 Å². The lowest BCUT2D eigenvalue weighted by molar-refractivity contribution is -0.138. The zero-order valence-electron chi connectivity index (χ0n) is 10.2. The molecule has 1 atom stereocenters. The van der Waals surface area contributed by atoms with E-state index in [1.54, 1.807) is 11.8 Å². The molecule has 0 aliphatic heterocycles. The number of carboxylic acid groups (broad SMARTS) is 1. The van der Waals surface area contributed by atoms with E-state index < -0.39 is 5.97 Å². The van der Waals surface area contributed by atoms with Gasteiger partial charge in [0.1, 0.15) is 0 Å². The number of nitrogens with zero attached hydrogens (tertiary/aromatic N) is 1. The van der Waals surface area contributed by atoms with Crippen molar-refractivity contribution < 1.29 is 14.7 Å². The molecule has 1 N–H and O–H groups in total. The zero-order valence-corrected chi connectivity index (χ0v) is 10.2. The average molecular weight is 237 g/mol. The third-order valence-electron chi connectivity index (χ3n) is 2.86. The highest BCUT2D eigenvalue weighted by molar-refractivity contribution is 5.77. The quantitative estimate of drug-likeness (QED) is 0.680. The monoisotopic (exact) mass is 237 g/mol. The Hall–Kier alpha value is -1.50. The van der Waals surface area contributed by atoms with Crippen LogP contribution in [-0.4, -0.2) is 35.0 Å². The van der Waals surface area contributed by atoms with Gasteiger partial charge in [-0.3, -0.25) is 9.59 Å². The summed E-state index contributed by atoms with van der Waals surface area (Å²) in [5.41, 5.74) is 0.